The Labute approximate surface area is 149 Å². The first-order chi connectivity index (χ1) is 11.0. The Morgan fingerprint density at radius 1 is 1.17 bits per heavy atom. The highest BCUT2D eigenvalue weighted by molar-refractivity contribution is 6.31. The maximum Gasteiger partial charge on any atom is 0.229 e. The fourth-order valence-corrected chi connectivity index (χ4v) is 2.55. The number of aromatic nitrogens is 2. The van der Waals surface area contributed by atoms with Crippen molar-refractivity contribution in [2.24, 2.45) is 0 Å². The third-order valence-corrected chi connectivity index (χ3v) is 4.06. The van der Waals surface area contributed by atoms with E-state index < -0.39 is 0 Å². The Morgan fingerprint density at radius 2 is 1.79 bits per heavy atom. The predicted molar refractivity (Wildman–Crippen MR) is 99.7 cm³/mol. The van der Waals surface area contributed by atoms with E-state index in [1.807, 2.05) is 28.9 Å². The van der Waals surface area contributed by atoms with E-state index in [1.165, 1.54) is 0 Å². The molecule has 0 aliphatic heterocycles. The highest BCUT2D eigenvalue weighted by Gasteiger charge is 2.25. The summed E-state index contributed by atoms with van der Waals surface area (Å²) in [7, 11) is 0. The normalized spacial score (nSPS) is 12.3. The van der Waals surface area contributed by atoms with Gasteiger partial charge >= 0.3 is 0 Å². The first-order valence-electron chi connectivity index (χ1n) is 8.13. The van der Waals surface area contributed by atoms with Crippen LogP contribution in [-0.2, 0) is 22.2 Å². The largest absolute Gasteiger partial charge is 0.311 e. The third-order valence-electron chi connectivity index (χ3n) is 3.69. The molecule has 0 saturated carbocycles. The zero-order chi connectivity index (χ0) is 18.1. The molecule has 0 aliphatic rings. The van der Waals surface area contributed by atoms with E-state index in [0.29, 0.717) is 10.8 Å². The van der Waals surface area contributed by atoms with E-state index >= 15 is 0 Å². The van der Waals surface area contributed by atoms with Gasteiger partial charge in [0.1, 0.15) is 5.82 Å². The first kappa shape index (κ1) is 18.5. The Kier molecular flexibility index (Phi) is 5.09. The molecule has 0 fully saturated rings. The SMILES string of the molecule is CC(C)(C)c1cc(NC(=O)Cc2ccccc2Cl)n(C(C)(C)C)n1. The summed E-state index contributed by atoms with van der Waals surface area (Å²) in [6.45, 7) is 12.5. The highest BCUT2D eigenvalue weighted by Crippen LogP contribution is 2.28. The van der Waals surface area contributed by atoms with E-state index in [1.54, 1.807) is 6.07 Å². The minimum Gasteiger partial charge on any atom is -0.311 e. The summed E-state index contributed by atoms with van der Waals surface area (Å²) in [4.78, 5) is 12.5. The fourth-order valence-electron chi connectivity index (χ4n) is 2.35. The van der Waals surface area contributed by atoms with Crippen LogP contribution in [0, 0.1) is 0 Å². The molecule has 5 heteroatoms. The number of hydrogen-bond acceptors (Lipinski definition) is 2. The number of carbonyl (C=O) groups is 1. The van der Waals surface area contributed by atoms with Crippen LogP contribution < -0.4 is 5.32 Å². The zero-order valence-corrected chi connectivity index (χ0v) is 16.0. The van der Waals surface area contributed by atoms with Gasteiger partial charge in [0.25, 0.3) is 0 Å². The van der Waals surface area contributed by atoms with Crippen molar-refractivity contribution in [1.82, 2.24) is 9.78 Å². The lowest BCUT2D eigenvalue weighted by Crippen LogP contribution is -2.27. The lowest BCUT2D eigenvalue weighted by molar-refractivity contribution is -0.115. The van der Waals surface area contributed by atoms with Crippen LogP contribution in [0.15, 0.2) is 30.3 Å². The van der Waals surface area contributed by atoms with Gasteiger partial charge in [0.15, 0.2) is 0 Å². The van der Waals surface area contributed by atoms with Crippen LogP contribution in [0.4, 0.5) is 5.82 Å². The molecule has 0 saturated heterocycles. The van der Waals surface area contributed by atoms with Gasteiger partial charge in [0, 0.05) is 16.5 Å². The summed E-state index contributed by atoms with van der Waals surface area (Å²) in [5.74, 6) is 0.610. The number of halogens is 1. The van der Waals surface area contributed by atoms with Gasteiger partial charge in [-0.3, -0.25) is 4.79 Å². The molecule has 0 aliphatic carbocycles. The lowest BCUT2D eigenvalue weighted by atomic mass is 9.92. The molecule has 2 aromatic rings. The number of amides is 1. The summed E-state index contributed by atoms with van der Waals surface area (Å²) >= 11 is 6.14. The first-order valence-corrected chi connectivity index (χ1v) is 8.50. The van der Waals surface area contributed by atoms with Crippen LogP contribution in [0.25, 0.3) is 0 Å². The molecule has 1 N–H and O–H groups in total. The standard InChI is InChI=1S/C19H26ClN3O/c1-18(2,3)15-12-16(23(22-15)19(4,5)6)21-17(24)11-13-9-7-8-10-14(13)20/h7-10,12H,11H2,1-6H3,(H,21,24). The van der Waals surface area contributed by atoms with E-state index in [-0.39, 0.29) is 23.3 Å². The second-order valence-corrected chi connectivity index (χ2v) is 8.47. The minimum absolute atomic E-state index is 0.0846. The second-order valence-electron chi connectivity index (χ2n) is 8.06. The monoisotopic (exact) mass is 347 g/mol. The highest BCUT2D eigenvalue weighted by atomic mass is 35.5. The predicted octanol–water partition coefficient (Wildman–Crippen LogP) is 4.77. The maximum absolute atomic E-state index is 12.5. The smallest absolute Gasteiger partial charge is 0.229 e. The van der Waals surface area contributed by atoms with Gasteiger partial charge in [-0.15, -0.1) is 0 Å². The number of nitrogens with zero attached hydrogens (tertiary/aromatic N) is 2. The number of carbonyl (C=O) groups excluding carboxylic acids is 1. The van der Waals surface area contributed by atoms with Crippen LogP contribution in [-0.4, -0.2) is 15.7 Å². The van der Waals surface area contributed by atoms with Crippen molar-refractivity contribution in [2.45, 2.75) is 58.9 Å². The number of anilines is 1. The van der Waals surface area contributed by atoms with Crippen LogP contribution >= 0.6 is 11.6 Å². The van der Waals surface area contributed by atoms with Crippen molar-refractivity contribution in [3.05, 3.63) is 46.6 Å². The molecule has 24 heavy (non-hydrogen) atoms. The van der Waals surface area contributed by atoms with Crippen molar-refractivity contribution >= 4 is 23.3 Å². The number of hydrogen-bond donors (Lipinski definition) is 1. The molecule has 0 atom stereocenters. The summed E-state index contributed by atoms with van der Waals surface area (Å²) < 4.78 is 1.87. The fraction of sp³-hybridized carbons (Fsp3) is 0.474. The molecule has 1 aromatic carbocycles. The van der Waals surface area contributed by atoms with Gasteiger partial charge in [-0.2, -0.15) is 5.10 Å². The average Bonchev–Trinajstić information content (AvgIpc) is 2.85. The van der Waals surface area contributed by atoms with Gasteiger partial charge in [0.2, 0.25) is 5.91 Å². The minimum atomic E-state index is -0.226. The average molecular weight is 348 g/mol. The molecule has 4 nitrogen and oxygen atoms in total. The molecular weight excluding hydrogens is 322 g/mol. The summed E-state index contributed by atoms with van der Waals surface area (Å²) in [5.41, 5.74) is 1.45. The van der Waals surface area contributed by atoms with Crippen LogP contribution in [0.5, 0.6) is 0 Å². The molecule has 0 radical (unpaired) electrons. The number of rotatable bonds is 3. The molecule has 0 spiro atoms. The van der Waals surface area contributed by atoms with E-state index in [0.717, 1.165) is 11.3 Å². The van der Waals surface area contributed by atoms with Gasteiger partial charge < -0.3 is 5.32 Å². The molecule has 0 unspecified atom stereocenters. The van der Waals surface area contributed by atoms with Gasteiger partial charge in [-0.25, -0.2) is 4.68 Å². The zero-order valence-electron chi connectivity index (χ0n) is 15.3. The summed E-state index contributed by atoms with van der Waals surface area (Å²) in [6.07, 6.45) is 0.236. The summed E-state index contributed by atoms with van der Waals surface area (Å²) in [5, 5.41) is 8.30. The van der Waals surface area contributed by atoms with Crippen molar-refractivity contribution in [2.75, 3.05) is 5.32 Å². The third kappa shape index (κ3) is 4.38. The van der Waals surface area contributed by atoms with Crippen molar-refractivity contribution < 1.29 is 4.79 Å². The van der Waals surface area contributed by atoms with Crippen LogP contribution in [0.3, 0.4) is 0 Å². The van der Waals surface area contributed by atoms with E-state index in [9.17, 15) is 4.79 Å². The Balaban J connectivity index is 2.27. The molecule has 1 aromatic heterocycles. The maximum atomic E-state index is 12.5. The number of nitrogens with one attached hydrogen (secondary N) is 1. The molecule has 0 bridgehead atoms. The second kappa shape index (κ2) is 6.60. The van der Waals surface area contributed by atoms with Gasteiger partial charge in [-0.1, -0.05) is 50.6 Å². The van der Waals surface area contributed by atoms with Crippen LogP contribution in [0.1, 0.15) is 52.8 Å². The van der Waals surface area contributed by atoms with E-state index in [2.05, 4.69) is 46.9 Å². The number of benzene rings is 1. The van der Waals surface area contributed by atoms with Gasteiger partial charge in [-0.05, 0) is 32.4 Å². The van der Waals surface area contributed by atoms with Crippen molar-refractivity contribution in [3.63, 3.8) is 0 Å². The van der Waals surface area contributed by atoms with Crippen LogP contribution in [0.2, 0.25) is 5.02 Å². The van der Waals surface area contributed by atoms with Gasteiger partial charge in [0.05, 0.1) is 17.7 Å². The molecule has 130 valence electrons. The van der Waals surface area contributed by atoms with Crippen molar-refractivity contribution in [3.8, 4) is 0 Å². The Bertz CT molecular complexity index is 736. The molecule has 1 amide bonds. The molecular formula is C19H26ClN3O. The lowest BCUT2D eigenvalue weighted by Gasteiger charge is -2.23. The Morgan fingerprint density at radius 3 is 2.33 bits per heavy atom. The van der Waals surface area contributed by atoms with E-state index in [4.69, 9.17) is 16.7 Å². The Hall–Kier alpha value is -1.81. The quantitative estimate of drug-likeness (QED) is 0.869. The molecule has 2 rings (SSSR count). The summed E-state index contributed by atoms with van der Waals surface area (Å²) in [6, 6.07) is 9.35. The van der Waals surface area contributed by atoms with Crippen molar-refractivity contribution in [1.29, 1.82) is 0 Å². The molecule has 1 heterocycles. The topological polar surface area (TPSA) is 46.9 Å².